The molecule has 0 aliphatic rings. The molecule has 0 radical (unpaired) electrons. The minimum Gasteiger partial charge on any atom is -0.399 e. The van der Waals surface area contributed by atoms with Crippen LogP contribution in [0.15, 0.2) is 43.7 Å². The molecule has 3 aromatic rings. The Morgan fingerprint density at radius 3 is 2.39 bits per heavy atom. The zero-order valence-corrected chi connectivity index (χ0v) is 24.0. The number of halogens is 3. The minimum atomic E-state index is 0.284. The molecule has 0 aliphatic carbocycles. The van der Waals surface area contributed by atoms with Crippen molar-refractivity contribution in [3.8, 4) is 0 Å². The van der Waals surface area contributed by atoms with E-state index in [-0.39, 0.29) is 6.04 Å². The van der Waals surface area contributed by atoms with Crippen molar-refractivity contribution in [1.82, 2.24) is 14.9 Å². The molecule has 8 heteroatoms. The van der Waals surface area contributed by atoms with Crippen molar-refractivity contribution in [2.45, 2.75) is 39.7 Å². The van der Waals surface area contributed by atoms with Gasteiger partial charge in [-0.2, -0.15) is 0 Å². The molecular weight excluding hydrogens is 610 g/mol. The molecule has 3 rings (SSSR count). The molecule has 0 aliphatic heterocycles. The molecule has 176 valence electrons. The molecule has 0 fully saturated rings. The lowest BCUT2D eigenvalue weighted by Gasteiger charge is -2.20. The second-order valence-corrected chi connectivity index (χ2v) is 10.7. The second-order valence-electron chi connectivity index (χ2n) is 8.04. The van der Waals surface area contributed by atoms with Crippen molar-refractivity contribution in [2.75, 3.05) is 30.7 Å². The van der Waals surface area contributed by atoms with Crippen molar-refractivity contribution in [2.24, 2.45) is 0 Å². The van der Waals surface area contributed by atoms with Crippen LogP contribution >= 0.6 is 47.8 Å². The molecule has 1 aromatic heterocycles. The van der Waals surface area contributed by atoms with E-state index >= 15 is 0 Å². The van der Waals surface area contributed by atoms with E-state index in [9.17, 15) is 0 Å². The number of rotatable bonds is 10. The van der Waals surface area contributed by atoms with E-state index in [0.717, 1.165) is 68.2 Å². The molecular formula is C25H30Br3N5. The number of anilines is 2. The summed E-state index contributed by atoms with van der Waals surface area (Å²) in [4.78, 5) is 12.0. The van der Waals surface area contributed by atoms with Gasteiger partial charge in [-0.1, -0.05) is 61.6 Å². The van der Waals surface area contributed by atoms with Gasteiger partial charge in [0.2, 0.25) is 0 Å². The van der Waals surface area contributed by atoms with Crippen LogP contribution in [-0.2, 0) is 0 Å². The summed E-state index contributed by atoms with van der Waals surface area (Å²) in [7, 11) is 0. The van der Waals surface area contributed by atoms with Gasteiger partial charge in [-0.05, 0) is 81.9 Å². The quantitative estimate of drug-likeness (QED) is 0.224. The van der Waals surface area contributed by atoms with E-state index in [1.165, 1.54) is 0 Å². The van der Waals surface area contributed by atoms with Gasteiger partial charge in [0.15, 0.2) is 5.82 Å². The van der Waals surface area contributed by atoms with E-state index in [2.05, 4.69) is 78.8 Å². The fraction of sp³-hybridized carbons (Fsp3) is 0.360. The molecule has 1 unspecified atom stereocenters. The van der Waals surface area contributed by atoms with Crippen LogP contribution in [0.3, 0.4) is 0 Å². The summed E-state index contributed by atoms with van der Waals surface area (Å²) in [6.45, 7) is 9.92. The average Bonchev–Trinajstić information content (AvgIpc) is 2.76. The van der Waals surface area contributed by atoms with Crippen LogP contribution in [-0.4, -0.2) is 40.5 Å². The average molecular weight is 640 g/mol. The van der Waals surface area contributed by atoms with Crippen molar-refractivity contribution in [3.63, 3.8) is 0 Å². The van der Waals surface area contributed by atoms with Gasteiger partial charge in [0.25, 0.3) is 0 Å². The lowest BCUT2D eigenvalue weighted by Crippen LogP contribution is -2.25. The van der Waals surface area contributed by atoms with E-state index in [4.69, 9.17) is 15.7 Å². The molecule has 5 nitrogen and oxygen atoms in total. The lowest BCUT2D eigenvalue weighted by molar-refractivity contribution is 0.295. The highest BCUT2D eigenvalue weighted by Crippen LogP contribution is 2.31. The van der Waals surface area contributed by atoms with E-state index in [1.807, 2.05) is 42.5 Å². The predicted octanol–water partition coefficient (Wildman–Crippen LogP) is 7.59. The van der Waals surface area contributed by atoms with Crippen LogP contribution in [0, 0.1) is 0 Å². The van der Waals surface area contributed by atoms with Crippen molar-refractivity contribution in [3.05, 3.63) is 55.1 Å². The topological polar surface area (TPSA) is 67.1 Å². The third kappa shape index (κ3) is 7.25. The van der Waals surface area contributed by atoms with Crippen LogP contribution in [0.4, 0.5) is 11.5 Å². The Bertz CT molecular complexity index is 1110. The predicted molar refractivity (Wildman–Crippen MR) is 153 cm³/mol. The van der Waals surface area contributed by atoms with Gasteiger partial charge in [0.1, 0.15) is 5.82 Å². The highest BCUT2D eigenvalue weighted by atomic mass is 79.9. The molecule has 33 heavy (non-hydrogen) atoms. The first-order valence-electron chi connectivity index (χ1n) is 11.2. The summed E-state index contributed by atoms with van der Waals surface area (Å²) in [5.41, 5.74) is 8.66. The summed E-state index contributed by atoms with van der Waals surface area (Å²) >= 11 is 10.8. The maximum Gasteiger partial charge on any atom is 0.154 e. The number of nitrogens with one attached hydrogen (secondary N) is 1. The molecule has 0 spiro atoms. The van der Waals surface area contributed by atoms with Crippen molar-refractivity contribution >= 4 is 82.4 Å². The van der Waals surface area contributed by atoms with Gasteiger partial charge in [-0.15, -0.1) is 0 Å². The van der Waals surface area contributed by atoms with E-state index in [1.54, 1.807) is 0 Å². The molecule has 1 atom stereocenters. The van der Waals surface area contributed by atoms with Crippen LogP contribution in [0.2, 0.25) is 0 Å². The smallest absolute Gasteiger partial charge is 0.154 e. The van der Waals surface area contributed by atoms with Gasteiger partial charge in [0.05, 0.1) is 5.52 Å². The fourth-order valence-electron chi connectivity index (χ4n) is 3.69. The fourth-order valence-corrected chi connectivity index (χ4v) is 6.21. The first-order valence-corrected chi connectivity index (χ1v) is 13.6. The summed E-state index contributed by atoms with van der Waals surface area (Å²) < 4.78 is 2.96. The zero-order chi connectivity index (χ0) is 24.0. The number of aromatic nitrogens is 2. The molecule has 0 saturated heterocycles. The summed E-state index contributed by atoms with van der Waals surface area (Å²) in [6, 6.07) is 10.1. The highest BCUT2D eigenvalue weighted by Gasteiger charge is 2.11. The molecule has 0 bridgehead atoms. The number of nitrogens with zero attached hydrogens (tertiary/aromatic N) is 3. The Hall–Kier alpha value is -1.48. The summed E-state index contributed by atoms with van der Waals surface area (Å²) in [5.74, 6) is 1.46. The van der Waals surface area contributed by atoms with E-state index in [0.29, 0.717) is 11.5 Å². The first-order chi connectivity index (χ1) is 15.8. The standard InChI is InChI=1S/C25H30Br3N5/c1-4-33(5-2)12-6-7-16(3)30-25-20-15-18(29)8-10-23(20)31-24(32-25)11-9-19-21(27)13-17(26)14-22(19)28/h8-11,13-16H,4-7,12,29H2,1-3H3,(H,30,31,32). The van der Waals surface area contributed by atoms with E-state index < -0.39 is 0 Å². The number of hydrogen-bond acceptors (Lipinski definition) is 5. The van der Waals surface area contributed by atoms with Gasteiger partial charge >= 0.3 is 0 Å². The van der Waals surface area contributed by atoms with Crippen LogP contribution in [0.25, 0.3) is 23.1 Å². The van der Waals surface area contributed by atoms with Crippen molar-refractivity contribution < 1.29 is 0 Å². The maximum absolute atomic E-state index is 6.07. The zero-order valence-electron chi connectivity index (χ0n) is 19.2. The largest absolute Gasteiger partial charge is 0.399 e. The highest BCUT2D eigenvalue weighted by molar-refractivity contribution is 9.11. The number of nitrogens with two attached hydrogens (primary N) is 1. The van der Waals surface area contributed by atoms with Gasteiger partial charge < -0.3 is 16.0 Å². The summed E-state index contributed by atoms with van der Waals surface area (Å²) in [6.07, 6.45) is 6.15. The number of hydrogen-bond donors (Lipinski definition) is 2. The third-order valence-electron chi connectivity index (χ3n) is 5.57. The third-order valence-corrected chi connectivity index (χ3v) is 7.34. The van der Waals surface area contributed by atoms with Gasteiger partial charge in [0, 0.05) is 36.1 Å². The van der Waals surface area contributed by atoms with Gasteiger partial charge in [-0.25, -0.2) is 9.97 Å². The van der Waals surface area contributed by atoms with Crippen LogP contribution in [0.5, 0.6) is 0 Å². The Labute approximate surface area is 221 Å². The second kappa shape index (κ2) is 12.3. The number of fused-ring (bicyclic) bond motifs is 1. The monoisotopic (exact) mass is 637 g/mol. The van der Waals surface area contributed by atoms with Gasteiger partial charge in [-0.3, -0.25) is 0 Å². The summed E-state index contributed by atoms with van der Waals surface area (Å²) in [5, 5.41) is 4.55. The normalized spacial score (nSPS) is 12.7. The number of benzene rings is 2. The first kappa shape index (κ1) is 26.1. The molecule has 3 N–H and O–H groups in total. The molecule has 1 heterocycles. The van der Waals surface area contributed by atoms with Crippen molar-refractivity contribution in [1.29, 1.82) is 0 Å². The Morgan fingerprint density at radius 1 is 1.03 bits per heavy atom. The maximum atomic E-state index is 6.07. The minimum absolute atomic E-state index is 0.284. The Morgan fingerprint density at radius 2 is 1.73 bits per heavy atom. The lowest BCUT2D eigenvalue weighted by atomic mass is 10.1. The molecule has 0 saturated carbocycles. The SMILES string of the molecule is CCN(CC)CCCC(C)Nc1nc(C=Cc2c(Br)cc(Br)cc2Br)nc2ccc(N)cc12. The Kier molecular flexibility index (Phi) is 9.73. The number of nitrogen functional groups attached to an aromatic ring is 1. The molecule has 2 aromatic carbocycles. The van der Waals surface area contributed by atoms with Crippen LogP contribution in [0.1, 0.15) is 45.0 Å². The van der Waals surface area contributed by atoms with Crippen LogP contribution < -0.4 is 11.1 Å². The Balaban J connectivity index is 1.86. The molecule has 0 amide bonds.